The zero-order valence-corrected chi connectivity index (χ0v) is 17.6. The molecule has 7 nitrogen and oxygen atoms in total. The summed E-state index contributed by atoms with van der Waals surface area (Å²) in [5.74, 6) is 0.825. The predicted octanol–water partition coefficient (Wildman–Crippen LogP) is 1.27. The number of ether oxygens (including phenoxy) is 3. The molecule has 31 heavy (non-hydrogen) atoms. The van der Waals surface area contributed by atoms with E-state index in [1.165, 1.54) is 0 Å². The molecule has 2 heterocycles. The molecule has 7 heteroatoms. The first-order chi connectivity index (χ1) is 15.0. The molecule has 2 aromatic carbocycles. The summed E-state index contributed by atoms with van der Waals surface area (Å²) in [5, 5.41) is 40.0. The number of hydrogen-bond acceptors (Lipinski definition) is 7. The molecular formula is C24H30O7. The molecule has 2 fully saturated rings. The molecule has 0 radical (unpaired) electrons. The second-order valence-electron chi connectivity index (χ2n) is 8.36. The van der Waals surface area contributed by atoms with Crippen molar-refractivity contribution in [2.24, 2.45) is 0 Å². The molecule has 6 atom stereocenters. The molecule has 2 aromatic rings. The second-order valence-corrected chi connectivity index (χ2v) is 8.36. The van der Waals surface area contributed by atoms with Crippen LogP contribution in [-0.2, 0) is 15.9 Å². The van der Waals surface area contributed by atoms with E-state index in [4.69, 9.17) is 14.2 Å². The van der Waals surface area contributed by atoms with Crippen molar-refractivity contribution >= 4 is 0 Å². The summed E-state index contributed by atoms with van der Waals surface area (Å²) in [6, 6.07) is 13.7. The van der Waals surface area contributed by atoms with Gasteiger partial charge in [0, 0.05) is 6.42 Å². The number of benzene rings is 2. The highest BCUT2D eigenvalue weighted by Crippen LogP contribution is 2.33. The Balaban J connectivity index is 1.49. The van der Waals surface area contributed by atoms with Crippen molar-refractivity contribution in [2.45, 2.75) is 56.4 Å². The summed E-state index contributed by atoms with van der Waals surface area (Å²) in [6.07, 6.45) is -4.09. The SMILES string of the molecule is Cc1ccc(C2O[C@H](CO)[C@@H](O)[C@H](O)[C@H]2O)cc1Cc1ccc(OC2CCOC2)cc1. The largest absolute Gasteiger partial charge is 0.488 e. The van der Waals surface area contributed by atoms with E-state index in [-0.39, 0.29) is 6.10 Å². The lowest BCUT2D eigenvalue weighted by Crippen LogP contribution is -2.55. The van der Waals surface area contributed by atoms with Crippen LogP contribution in [0.4, 0.5) is 0 Å². The maximum Gasteiger partial charge on any atom is 0.124 e. The summed E-state index contributed by atoms with van der Waals surface area (Å²) in [6.45, 7) is 2.95. The van der Waals surface area contributed by atoms with Gasteiger partial charge in [-0.15, -0.1) is 0 Å². The molecular weight excluding hydrogens is 400 g/mol. The van der Waals surface area contributed by atoms with Crippen LogP contribution in [0.1, 0.15) is 34.8 Å². The molecule has 4 N–H and O–H groups in total. The second kappa shape index (κ2) is 9.65. The van der Waals surface area contributed by atoms with Crippen LogP contribution in [0.2, 0.25) is 0 Å². The van der Waals surface area contributed by atoms with Crippen molar-refractivity contribution in [3.05, 3.63) is 64.7 Å². The highest BCUT2D eigenvalue weighted by Gasteiger charge is 2.43. The van der Waals surface area contributed by atoms with E-state index >= 15 is 0 Å². The first kappa shape index (κ1) is 22.2. The summed E-state index contributed by atoms with van der Waals surface area (Å²) in [5.41, 5.74) is 3.96. The van der Waals surface area contributed by atoms with Gasteiger partial charge in [0.2, 0.25) is 0 Å². The number of aliphatic hydroxyl groups is 4. The van der Waals surface area contributed by atoms with Crippen molar-refractivity contribution in [3.63, 3.8) is 0 Å². The smallest absolute Gasteiger partial charge is 0.124 e. The van der Waals surface area contributed by atoms with Crippen LogP contribution in [0.15, 0.2) is 42.5 Å². The van der Waals surface area contributed by atoms with Crippen LogP contribution in [0.5, 0.6) is 5.75 Å². The molecule has 4 rings (SSSR count). The van der Waals surface area contributed by atoms with Gasteiger partial charge in [-0.2, -0.15) is 0 Å². The summed E-state index contributed by atoms with van der Waals surface area (Å²) < 4.78 is 17.0. The lowest BCUT2D eigenvalue weighted by Gasteiger charge is -2.40. The quantitative estimate of drug-likeness (QED) is 0.547. The minimum absolute atomic E-state index is 0.114. The Morgan fingerprint density at radius 3 is 2.45 bits per heavy atom. The van der Waals surface area contributed by atoms with Crippen molar-refractivity contribution in [3.8, 4) is 5.75 Å². The van der Waals surface area contributed by atoms with Gasteiger partial charge in [0.05, 0.1) is 19.8 Å². The zero-order chi connectivity index (χ0) is 22.0. The van der Waals surface area contributed by atoms with E-state index in [1.54, 1.807) is 0 Å². The van der Waals surface area contributed by atoms with Crippen LogP contribution >= 0.6 is 0 Å². The topological polar surface area (TPSA) is 109 Å². The average Bonchev–Trinajstić information content (AvgIpc) is 3.28. The number of aryl methyl sites for hydroxylation is 1. The highest BCUT2D eigenvalue weighted by atomic mass is 16.5. The van der Waals surface area contributed by atoms with Crippen LogP contribution in [-0.4, -0.2) is 70.8 Å². The van der Waals surface area contributed by atoms with E-state index in [0.29, 0.717) is 18.6 Å². The predicted molar refractivity (Wildman–Crippen MR) is 113 cm³/mol. The molecule has 2 saturated heterocycles. The normalized spacial score (nSPS) is 31.0. The van der Waals surface area contributed by atoms with Gasteiger partial charge in [-0.05, 0) is 47.7 Å². The van der Waals surface area contributed by atoms with Gasteiger partial charge in [0.1, 0.15) is 42.4 Å². The minimum Gasteiger partial charge on any atom is -0.488 e. The fourth-order valence-corrected chi connectivity index (χ4v) is 4.14. The van der Waals surface area contributed by atoms with Crippen molar-refractivity contribution in [1.82, 2.24) is 0 Å². The van der Waals surface area contributed by atoms with Crippen LogP contribution in [0.25, 0.3) is 0 Å². The van der Waals surface area contributed by atoms with Crippen molar-refractivity contribution < 1.29 is 34.6 Å². The number of rotatable bonds is 6. The minimum atomic E-state index is -1.39. The molecule has 0 bridgehead atoms. The van der Waals surface area contributed by atoms with Crippen LogP contribution in [0.3, 0.4) is 0 Å². The van der Waals surface area contributed by atoms with Gasteiger partial charge >= 0.3 is 0 Å². The van der Waals surface area contributed by atoms with Gasteiger partial charge in [-0.3, -0.25) is 0 Å². The molecule has 0 aliphatic carbocycles. The Hall–Kier alpha value is -2.00. The highest BCUT2D eigenvalue weighted by molar-refractivity contribution is 5.38. The standard InChI is InChI=1S/C24H30O7/c1-14-2-5-16(24-23(28)22(27)21(26)20(12-25)31-24)11-17(14)10-15-3-6-18(7-4-15)30-19-8-9-29-13-19/h2-7,11,19-28H,8-10,12-13H2,1H3/t19?,20-,21-,22+,23-,24?/m1/s1. The Kier molecular flexibility index (Phi) is 6.91. The third-order valence-corrected chi connectivity index (χ3v) is 6.10. The van der Waals surface area contributed by atoms with Crippen LogP contribution in [0, 0.1) is 6.92 Å². The van der Waals surface area contributed by atoms with Gasteiger partial charge in [-0.25, -0.2) is 0 Å². The summed E-state index contributed by atoms with van der Waals surface area (Å²) in [4.78, 5) is 0. The van der Waals surface area contributed by atoms with E-state index < -0.39 is 37.1 Å². The fourth-order valence-electron chi connectivity index (χ4n) is 4.14. The molecule has 168 valence electrons. The van der Waals surface area contributed by atoms with E-state index in [0.717, 1.165) is 35.5 Å². The van der Waals surface area contributed by atoms with Crippen molar-refractivity contribution in [1.29, 1.82) is 0 Å². The summed E-state index contributed by atoms with van der Waals surface area (Å²) >= 11 is 0. The van der Waals surface area contributed by atoms with Crippen molar-refractivity contribution in [2.75, 3.05) is 19.8 Å². The molecule has 2 unspecified atom stereocenters. The van der Waals surface area contributed by atoms with E-state index in [2.05, 4.69) is 0 Å². The molecule has 0 aromatic heterocycles. The lowest BCUT2D eigenvalue weighted by atomic mass is 9.89. The van der Waals surface area contributed by atoms with Crippen LogP contribution < -0.4 is 4.74 Å². The Bertz CT molecular complexity index is 861. The number of aliphatic hydroxyl groups excluding tert-OH is 4. The number of hydrogen-bond donors (Lipinski definition) is 4. The average molecular weight is 430 g/mol. The Morgan fingerprint density at radius 2 is 1.77 bits per heavy atom. The fraction of sp³-hybridized carbons (Fsp3) is 0.500. The third-order valence-electron chi connectivity index (χ3n) is 6.10. The maximum atomic E-state index is 10.4. The van der Waals surface area contributed by atoms with Gasteiger partial charge in [0.15, 0.2) is 0 Å². The first-order valence-electron chi connectivity index (χ1n) is 10.7. The Morgan fingerprint density at radius 1 is 1.00 bits per heavy atom. The molecule has 0 saturated carbocycles. The molecule has 2 aliphatic heterocycles. The Labute approximate surface area is 181 Å². The van der Waals surface area contributed by atoms with Gasteiger partial charge in [0.25, 0.3) is 0 Å². The van der Waals surface area contributed by atoms with Gasteiger partial charge < -0.3 is 34.6 Å². The maximum absolute atomic E-state index is 10.4. The lowest BCUT2D eigenvalue weighted by molar-refractivity contribution is -0.231. The van der Waals surface area contributed by atoms with E-state index in [9.17, 15) is 20.4 Å². The van der Waals surface area contributed by atoms with Gasteiger partial charge in [-0.1, -0.05) is 30.3 Å². The monoisotopic (exact) mass is 430 g/mol. The molecule has 0 amide bonds. The van der Waals surface area contributed by atoms with E-state index in [1.807, 2.05) is 49.4 Å². The molecule has 2 aliphatic rings. The summed E-state index contributed by atoms with van der Waals surface area (Å²) in [7, 11) is 0. The molecule has 0 spiro atoms. The zero-order valence-electron chi connectivity index (χ0n) is 17.6. The first-order valence-corrected chi connectivity index (χ1v) is 10.7. The third kappa shape index (κ3) is 4.92.